The zero-order valence-electron chi connectivity index (χ0n) is 13.4. The Morgan fingerprint density at radius 3 is 2.54 bits per heavy atom. The third-order valence-electron chi connectivity index (χ3n) is 4.50. The van der Waals surface area contributed by atoms with Crippen LogP contribution < -0.4 is 9.80 Å². The van der Waals surface area contributed by atoms with Crippen molar-refractivity contribution in [2.45, 2.75) is 26.2 Å². The van der Waals surface area contributed by atoms with Gasteiger partial charge in [-0.1, -0.05) is 0 Å². The van der Waals surface area contributed by atoms with Crippen LogP contribution in [0.25, 0.3) is 0 Å². The van der Waals surface area contributed by atoms with E-state index in [4.69, 9.17) is 0 Å². The smallest absolute Gasteiger partial charge is 0.302 e. The van der Waals surface area contributed by atoms with Gasteiger partial charge in [0.15, 0.2) is 0 Å². The standard InChI is InChI=1S/C16H19FN2O4S/c1-11-7-13(4-5-14(11)18-6-2-3-15(18)20)19-9-12(8-16(19)21)10-24(17,22)23/h4-5,7,12H,2-3,6,8-10H2,1H3. The van der Waals surface area contributed by atoms with Crippen LogP contribution in [0.15, 0.2) is 18.2 Å². The Morgan fingerprint density at radius 1 is 1.21 bits per heavy atom. The van der Waals surface area contributed by atoms with Gasteiger partial charge in [0.2, 0.25) is 11.8 Å². The van der Waals surface area contributed by atoms with Gasteiger partial charge in [-0.25, -0.2) is 0 Å². The minimum Gasteiger partial charge on any atom is -0.312 e. The molecule has 1 unspecified atom stereocenters. The van der Waals surface area contributed by atoms with Gasteiger partial charge in [-0.05, 0) is 37.1 Å². The topological polar surface area (TPSA) is 74.8 Å². The second-order valence-electron chi connectivity index (χ2n) is 6.40. The van der Waals surface area contributed by atoms with Crippen molar-refractivity contribution < 1.29 is 21.9 Å². The van der Waals surface area contributed by atoms with Crippen molar-refractivity contribution in [3.63, 3.8) is 0 Å². The van der Waals surface area contributed by atoms with Crippen LogP contribution in [0.5, 0.6) is 0 Å². The van der Waals surface area contributed by atoms with Crippen molar-refractivity contribution >= 4 is 33.4 Å². The predicted molar refractivity (Wildman–Crippen MR) is 88.1 cm³/mol. The fraction of sp³-hybridized carbons (Fsp3) is 0.500. The van der Waals surface area contributed by atoms with Crippen LogP contribution in [0.3, 0.4) is 0 Å². The van der Waals surface area contributed by atoms with Gasteiger partial charge in [0.25, 0.3) is 0 Å². The first-order valence-electron chi connectivity index (χ1n) is 7.88. The summed E-state index contributed by atoms with van der Waals surface area (Å²) >= 11 is 0. The molecule has 0 spiro atoms. The van der Waals surface area contributed by atoms with Gasteiger partial charge in [-0.3, -0.25) is 9.59 Å². The molecule has 0 bridgehead atoms. The molecule has 0 saturated carbocycles. The molecule has 1 atom stereocenters. The van der Waals surface area contributed by atoms with Crippen molar-refractivity contribution in [3.05, 3.63) is 23.8 Å². The summed E-state index contributed by atoms with van der Waals surface area (Å²) in [5.74, 6) is -1.29. The number of amides is 2. The number of anilines is 2. The maximum absolute atomic E-state index is 12.8. The van der Waals surface area contributed by atoms with Crippen LogP contribution in [0, 0.1) is 12.8 Å². The Kier molecular flexibility index (Phi) is 4.33. The van der Waals surface area contributed by atoms with Crippen LogP contribution in [0.2, 0.25) is 0 Å². The first-order chi connectivity index (χ1) is 11.2. The second kappa shape index (κ2) is 6.16. The molecule has 0 aromatic heterocycles. The number of rotatable bonds is 4. The van der Waals surface area contributed by atoms with E-state index in [1.54, 1.807) is 17.0 Å². The molecule has 2 amide bonds. The summed E-state index contributed by atoms with van der Waals surface area (Å²) in [6.45, 7) is 2.75. The summed E-state index contributed by atoms with van der Waals surface area (Å²) in [6.07, 6.45) is 1.41. The molecule has 0 radical (unpaired) electrons. The molecule has 2 heterocycles. The van der Waals surface area contributed by atoms with Gasteiger partial charge in [-0.2, -0.15) is 8.42 Å². The van der Waals surface area contributed by atoms with E-state index in [1.165, 1.54) is 4.90 Å². The Morgan fingerprint density at radius 2 is 1.96 bits per heavy atom. The molecule has 0 aliphatic carbocycles. The monoisotopic (exact) mass is 354 g/mol. The van der Waals surface area contributed by atoms with Crippen LogP contribution in [-0.2, 0) is 19.8 Å². The van der Waals surface area contributed by atoms with E-state index in [0.29, 0.717) is 18.7 Å². The molecule has 1 aromatic carbocycles. The number of hydrogen-bond donors (Lipinski definition) is 0. The van der Waals surface area contributed by atoms with Crippen molar-refractivity contribution in [2.75, 3.05) is 28.6 Å². The van der Waals surface area contributed by atoms with Gasteiger partial charge in [0.05, 0.1) is 5.75 Å². The summed E-state index contributed by atoms with van der Waals surface area (Å²) in [4.78, 5) is 27.2. The molecule has 2 aliphatic heterocycles. The lowest BCUT2D eigenvalue weighted by Crippen LogP contribution is -2.27. The fourth-order valence-corrected chi connectivity index (χ4v) is 4.22. The van der Waals surface area contributed by atoms with E-state index in [-0.39, 0.29) is 24.8 Å². The van der Waals surface area contributed by atoms with Crippen LogP contribution in [-0.4, -0.2) is 39.1 Å². The molecule has 24 heavy (non-hydrogen) atoms. The molecular formula is C16H19FN2O4S. The lowest BCUT2D eigenvalue weighted by atomic mass is 10.1. The zero-order chi connectivity index (χ0) is 17.5. The normalized spacial score (nSPS) is 21.8. The molecule has 2 fully saturated rings. The van der Waals surface area contributed by atoms with Crippen LogP contribution in [0.1, 0.15) is 24.8 Å². The Hall–Kier alpha value is -1.96. The third-order valence-corrected chi connectivity index (χ3v) is 5.37. The highest BCUT2D eigenvalue weighted by molar-refractivity contribution is 7.86. The quantitative estimate of drug-likeness (QED) is 0.773. The molecule has 2 aliphatic rings. The summed E-state index contributed by atoms with van der Waals surface area (Å²) in [5.41, 5.74) is 2.35. The first-order valence-corrected chi connectivity index (χ1v) is 9.43. The van der Waals surface area contributed by atoms with Crippen molar-refractivity contribution in [1.29, 1.82) is 0 Å². The Labute approximate surface area is 140 Å². The third kappa shape index (κ3) is 3.43. The predicted octanol–water partition coefficient (Wildman–Crippen LogP) is 1.77. The number of aryl methyl sites for hydroxylation is 1. The maximum atomic E-state index is 12.8. The molecule has 8 heteroatoms. The SMILES string of the molecule is Cc1cc(N2CC(CS(=O)(=O)F)CC2=O)ccc1N1CCCC1=O. The number of halogens is 1. The molecule has 3 rings (SSSR count). The largest absolute Gasteiger partial charge is 0.312 e. The van der Waals surface area contributed by atoms with E-state index >= 15 is 0 Å². The van der Waals surface area contributed by atoms with Gasteiger partial charge in [0, 0.05) is 43.2 Å². The molecule has 130 valence electrons. The van der Waals surface area contributed by atoms with Gasteiger partial charge < -0.3 is 9.80 Å². The summed E-state index contributed by atoms with van der Waals surface area (Å²) in [6, 6.07) is 5.36. The highest BCUT2D eigenvalue weighted by Crippen LogP contribution is 2.32. The van der Waals surface area contributed by atoms with E-state index in [1.807, 2.05) is 13.0 Å². The van der Waals surface area contributed by atoms with E-state index in [0.717, 1.165) is 17.7 Å². The van der Waals surface area contributed by atoms with E-state index in [9.17, 15) is 21.9 Å². The number of carbonyl (C=O) groups excluding carboxylic acids is 2. The average molecular weight is 354 g/mol. The van der Waals surface area contributed by atoms with Crippen molar-refractivity contribution in [2.24, 2.45) is 5.92 Å². The number of benzene rings is 1. The van der Waals surface area contributed by atoms with Gasteiger partial charge in [-0.15, -0.1) is 3.89 Å². The summed E-state index contributed by atoms with van der Waals surface area (Å²) in [5, 5.41) is 0. The number of nitrogens with zero attached hydrogens (tertiary/aromatic N) is 2. The molecule has 2 saturated heterocycles. The highest BCUT2D eigenvalue weighted by Gasteiger charge is 2.34. The van der Waals surface area contributed by atoms with Crippen molar-refractivity contribution in [3.8, 4) is 0 Å². The molecule has 6 nitrogen and oxygen atoms in total. The Balaban J connectivity index is 1.79. The molecule has 0 N–H and O–H groups in total. The van der Waals surface area contributed by atoms with Crippen molar-refractivity contribution in [1.82, 2.24) is 0 Å². The summed E-state index contributed by atoms with van der Waals surface area (Å²) < 4.78 is 34.4. The number of hydrogen-bond acceptors (Lipinski definition) is 4. The zero-order valence-corrected chi connectivity index (χ0v) is 14.2. The van der Waals surface area contributed by atoms with Gasteiger partial charge >= 0.3 is 10.2 Å². The van der Waals surface area contributed by atoms with E-state index < -0.39 is 21.9 Å². The van der Waals surface area contributed by atoms with Gasteiger partial charge in [0.1, 0.15) is 0 Å². The fourth-order valence-electron chi connectivity index (χ4n) is 3.44. The molecular weight excluding hydrogens is 335 g/mol. The van der Waals surface area contributed by atoms with Crippen LogP contribution in [0.4, 0.5) is 15.3 Å². The Bertz CT molecular complexity index is 793. The molecule has 1 aromatic rings. The minimum absolute atomic E-state index is 0.0224. The minimum atomic E-state index is -4.59. The maximum Gasteiger partial charge on any atom is 0.302 e. The highest BCUT2D eigenvalue weighted by atomic mass is 32.3. The van der Waals surface area contributed by atoms with Crippen LogP contribution >= 0.6 is 0 Å². The first kappa shape index (κ1) is 16.9. The number of carbonyl (C=O) groups is 2. The lowest BCUT2D eigenvalue weighted by Gasteiger charge is -2.22. The second-order valence-corrected chi connectivity index (χ2v) is 7.81. The average Bonchev–Trinajstić information content (AvgIpc) is 3.03. The summed E-state index contributed by atoms with van der Waals surface area (Å²) in [7, 11) is -4.59. The van der Waals surface area contributed by atoms with E-state index in [2.05, 4.69) is 0 Å². The lowest BCUT2D eigenvalue weighted by molar-refractivity contribution is -0.118.